The summed E-state index contributed by atoms with van der Waals surface area (Å²) in [6, 6.07) is 7.02. The van der Waals surface area contributed by atoms with Gasteiger partial charge in [-0.3, -0.25) is 4.79 Å². The Morgan fingerprint density at radius 3 is 2.89 bits per heavy atom. The molecule has 2 rings (SSSR count). The zero-order chi connectivity index (χ0) is 12.8. The predicted molar refractivity (Wildman–Crippen MR) is 70.5 cm³/mol. The summed E-state index contributed by atoms with van der Waals surface area (Å²) in [4.78, 5) is 11.9. The van der Waals surface area contributed by atoms with Gasteiger partial charge < -0.3 is 15.7 Å². The van der Waals surface area contributed by atoms with Gasteiger partial charge in [-0.15, -0.1) is 0 Å². The van der Waals surface area contributed by atoms with Crippen molar-refractivity contribution in [3.05, 3.63) is 29.8 Å². The fraction of sp³-hybridized carbons (Fsp3) is 0.500. The maximum absolute atomic E-state index is 11.9. The molecule has 1 atom stereocenters. The van der Waals surface area contributed by atoms with E-state index in [1.807, 2.05) is 0 Å². The number of benzene rings is 1. The van der Waals surface area contributed by atoms with E-state index in [9.17, 15) is 9.90 Å². The highest BCUT2D eigenvalue weighted by Gasteiger charge is 2.14. The number of hydrogen-bond acceptors (Lipinski definition) is 3. The summed E-state index contributed by atoms with van der Waals surface area (Å²) < 4.78 is 0. The Hall–Kier alpha value is -1.55. The summed E-state index contributed by atoms with van der Waals surface area (Å²) in [5.74, 6) is 0.279. The van der Waals surface area contributed by atoms with E-state index in [1.165, 1.54) is 6.42 Å². The van der Waals surface area contributed by atoms with Crippen LogP contribution in [0, 0.1) is 0 Å². The molecule has 0 spiro atoms. The quantitative estimate of drug-likeness (QED) is 0.753. The van der Waals surface area contributed by atoms with Gasteiger partial charge in [0.05, 0.1) is 6.42 Å². The van der Waals surface area contributed by atoms with E-state index in [-0.39, 0.29) is 17.7 Å². The second-order valence-corrected chi connectivity index (χ2v) is 4.81. The van der Waals surface area contributed by atoms with E-state index in [1.54, 1.807) is 24.3 Å². The topological polar surface area (TPSA) is 61.4 Å². The van der Waals surface area contributed by atoms with Crippen molar-refractivity contribution in [1.29, 1.82) is 0 Å². The lowest BCUT2D eigenvalue weighted by Crippen LogP contribution is -2.41. The van der Waals surface area contributed by atoms with Crippen molar-refractivity contribution >= 4 is 5.91 Å². The van der Waals surface area contributed by atoms with Crippen LogP contribution in [0.5, 0.6) is 5.75 Å². The minimum atomic E-state index is 0.0504. The monoisotopic (exact) mass is 248 g/mol. The van der Waals surface area contributed by atoms with Crippen molar-refractivity contribution in [2.45, 2.75) is 31.7 Å². The number of nitrogens with one attached hydrogen (secondary N) is 2. The number of aromatic hydroxyl groups is 1. The van der Waals surface area contributed by atoms with Gasteiger partial charge in [-0.1, -0.05) is 18.6 Å². The number of carbonyl (C=O) groups excluding carboxylic acids is 1. The van der Waals surface area contributed by atoms with E-state index in [2.05, 4.69) is 10.6 Å². The van der Waals surface area contributed by atoms with Crippen molar-refractivity contribution in [3.8, 4) is 5.75 Å². The first-order valence-electron chi connectivity index (χ1n) is 6.52. The summed E-state index contributed by atoms with van der Waals surface area (Å²) in [6.07, 6.45) is 3.77. The van der Waals surface area contributed by atoms with Crippen molar-refractivity contribution in [2.24, 2.45) is 0 Å². The second kappa shape index (κ2) is 6.40. The largest absolute Gasteiger partial charge is 0.508 e. The Bertz CT molecular complexity index is 381. The van der Waals surface area contributed by atoms with Gasteiger partial charge in [0.2, 0.25) is 5.91 Å². The van der Waals surface area contributed by atoms with Gasteiger partial charge >= 0.3 is 0 Å². The normalized spacial score (nSPS) is 20.1. The summed E-state index contributed by atoms with van der Waals surface area (Å²) >= 11 is 0. The van der Waals surface area contributed by atoms with Crippen LogP contribution in [-0.4, -0.2) is 30.1 Å². The fourth-order valence-electron chi connectivity index (χ4n) is 2.22. The van der Waals surface area contributed by atoms with E-state index in [0.717, 1.165) is 31.5 Å². The molecule has 1 amide bonds. The third-order valence-electron chi connectivity index (χ3n) is 3.21. The standard InChI is InChI=1S/C14H20N2O2/c17-13-6-4-11(5-7-13)9-14(18)16-12-3-1-2-8-15-10-12/h4-7,12,15,17H,1-3,8-10H2,(H,16,18). The highest BCUT2D eigenvalue weighted by molar-refractivity contribution is 5.78. The molecule has 1 unspecified atom stereocenters. The Morgan fingerprint density at radius 1 is 1.33 bits per heavy atom. The molecule has 18 heavy (non-hydrogen) atoms. The lowest BCUT2D eigenvalue weighted by molar-refractivity contribution is -0.121. The minimum absolute atomic E-state index is 0.0504. The predicted octanol–water partition coefficient (Wildman–Crippen LogP) is 1.19. The average molecular weight is 248 g/mol. The maximum Gasteiger partial charge on any atom is 0.224 e. The van der Waals surface area contributed by atoms with Crippen molar-refractivity contribution in [1.82, 2.24) is 10.6 Å². The zero-order valence-corrected chi connectivity index (χ0v) is 10.5. The molecule has 1 aromatic carbocycles. The molecule has 1 saturated heterocycles. The molecule has 1 aromatic rings. The van der Waals surface area contributed by atoms with Crippen LogP contribution in [0.2, 0.25) is 0 Å². The van der Waals surface area contributed by atoms with Gasteiger partial charge in [0.25, 0.3) is 0 Å². The van der Waals surface area contributed by atoms with Crippen LogP contribution in [0.3, 0.4) is 0 Å². The van der Waals surface area contributed by atoms with Gasteiger partial charge in [-0.05, 0) is 37.1 Å². The highest BCUT2D eigenvalue weighted by Crippen LogP contribution is 2.10. The number of hydrogen-bond donors (Lipinski definition) is 3. The van der Waals surface area contributed by atoms with Crippen molar-refractivity contribution < 1.29 is 9.90 Å². The fourth-order valence-corrected chi connectivity index (χ4v) is 2.22. The molecule has 0 aliphatic carbocycles. The Labute approximate surface area is 107 Å². The van der Waals surface area contributed by atoms with Crippen LogP contribution in [0.1, 0.15) is 24.8 Å². The Balaban J connectivity index is 1.82. The van der Waals surface area contributed by atoms with E-state index < -0.39 is 0 Å². The lowest BCUT2D eigenvalue weighted by atomic mass is 10.1. The molecule has 1 heterocycles. The first-order valence-corrected chi connectivity index (χ1v) is 6.52. The third-order valence-corrected chi connectivity index (χ3v) is 3.21. The minimum Gasteiger partial charge on any atom is -0.508 e. The molecule has 0 aromatic heterocycles. The summed E-state index contributed by atoms with van der Waals surface area (Å²) in [7, 11) is 0. The SMILES string of the molecule is O=C(Cc1ccc(O)cc1)NC1CCCCNC1. The first kappa shape index (κ1) is 12.9. The number of phenols is 1. The maximum atomic E-state index is 11.9. The van der Waals surface area contributed by atoms with Gasteiger partial charge in [-0.25, -0.2) is 0 Å². The third kappa shape index (κ3) is 4.04. The van der Waals surface area contributed by atoms with Crippen LogP contribution >= 0.6 is 0 Å². The number of carbonyl (C=O) groups is 1. The van der Waals surface area contributed by atoms with E-state index >= 15 is 0 Å². The van der Waals surface area contributed by atoms with Crippen LogP contribution < -0.4 is 10.6 Å². The average Bonchev–Trinajstić information content (AvgIpc) is 2.61. The number of rotatable bonds is 3. The smallest absolute Gasteiger partial charge is 0.224 e. The van der Waals surface area contributed by atoms with Crippen LogP contribution in [0.25, 0.3) is 0 Å². The van der Waals surface area contributed by atoms with Crippen LogP contribution in [0.4, 0.5) is 0 Å². The van der Waals surface area contributed by atoms with Gasteiger partial charge in [0, 0.05) is 12.6 Å². The molecule has 0 bridgehead atoms. The highest BCUT2D eigenvalue weighted by atomic mass is 16.3. The summed E-state index contributed by atoms with van der Waals surface area (Å²) in [5.41, 5.74) is 0.923. The molecular weight excluding hydrogens is 228 g/mol. The second-order valence-electron chi connectivity index (χ2n) is 4.81. The van der Waals surface area contributed by atoms with E-state index in [0.29, 0.717) is 6.42 Å². The van der Waals surface area contributed by atoms with Crippen molar-refractivity contribution in [3.63, 3.8) is 0 Å². The Kier molecular flexibility index (Phi) is 4.59. The molecule has 98 valence electrons. The molecule has 1 aliphatic heterocycles. The van der Waals surface area contributed by atoms with Crippen molar-refractivity contribution in [2.75, 3.05) is 13.1 Å². The lowest BCUT2D eigenvalue weighted by Gasteiger charge is -2.16. The molecule has 4 nitrogen and oxygen atoms in total. The van der Waals surface area contributed by atoms with Gasteiger partial charge in [0.15, 0.2) is 0 Å². The summed E-state index contributed by atoms with van der Waals surface area (Å²) in [5, 5.41) is 15.6. The number of amides is 1. The van der Waals surface area contributed by atoms with Gasteiger partial charge in [0.1, 0.15) is 5.75 Å². The zero-order valence-electron chi connectivity index (χ0n) is 10.5. The van der Waals surface area contributed by atoms with Gasteiger partial charge in [-0.2, -0.15) is 0 Å². The molecule has 1 fully saturated rings. The molecule has 3 N–H and O–H groups in total. The van der Waals surface area contributed by atoms with Crippen LogP contribution in [0.15, 0.2) is 24.3 Å². The molecular formula is C14H20N2O2. The molecule has 4 heteroatoms. The molecule has 1 aliphatic rings. The molecule has 0 radical (unpaired) electrons. The number of phenolic OH excluding ortho intramolecular Hbond substituents is 1. The summed E-state index contributed by atoms with van der Waals surface area (Å²) in [6.45, 7) is 1.91. The molecule has 0 saturated carbocycles. The van der Waals surface area contributed by atoms with Crippen LogP contribution in [-0.2, 0) is 11.2 Å². The Morgan fingerprint density at radius 2 is 2.11 bits per heavy atom. The first-order chi connectivity index (χ1) is 8.74. The van der Waals surface area contributed by atoms with E-state index in [4.69, 9.17) is 0 Å².